The lowest BCUT2D eigenvalue weighted by Crippen LogP contribution is -2.30. The van der Waals surface area contributed by atoms with Gasteiger partial charge in [0, 0.05) is 40.8 Å². The summed E-state index contributed by atoms with van der Waals surface area (Å²) >= 11 is 1.68. The minimum Gasteiger partial charge on any atom is -0.354 e. The predicted molar refractivity (Wildman–Crippen MR) is 126 cm³/mol. The third-order valence-corrected chi connectivity index (χ3v) is 6.36. The molecule has 170 valence electrons. The number of rotatable bonds is 8. The van der Waals surface area contributed by atoms with Crippen LogP contribution in [0.3, 0.4) is 0 Å². The van der Waals surface area contributed by atoms with Gasteiger partial charge in [-0.2, -0.15) is 16.9 Å². The molecular weight excluding hydrogens is 442 g/mol. The number of hydrogen-bond acceptors (Lipinski definition) is 6. The summed E-state index contributed by atoms with van der Waals surface area (Å²) < 4.78 is 1.50. The molecule has 9 nitrogen and oxygen atoms in total. The van der Waals surface area contributed by atoms with Crippen LogP contribution in [0.15, 0.2) is 48.5 Å². The van der Waals surface area contributed by atoms with Crippen LogP contribution in [0.2, 0.25) is 0 Å². The molecule has 4 rings (SSSR count). The van der Waals surface area contributed by atoms with Crippen molar-refractivity contribution in [3.05, 3.63) is 86.6 Å². The number of carbonyl (C=O) groups excluding carboxylic acids is 2. The highest BCUT2D eigenvalue weighted by molar-refractivity contribution is 7.98. The fourth-order valence-corrected chi connectivity index (χ4v) is 4.67. The first-order valence-corrected chi connectivity index (χ1v) is 11.6. The van der Waals surface area contributed by atoms with E-state index in [2.05, 4.69) is 15.7 Å². The fraction of sp³-hybridized carbons (Fsp3) is 0.261. The van der Waals surface area contributed by atoms with Crippen LogP contribution < -0.4 is 10.6 Å². The number of aromatic nitrogens is 2. The molecule has 0 saturated heterocycles. The third kappa shape index (κ3) is 5.23. The van der Waals surface area contributed by atoms with E-state index in [9.17, 15) is 19.7 Å². The average Bonchev–Trinajstić information content (AvgIpc) is 3.37. The standard InChI is InChI=1S/C23H23N5O4S/c1-15-7-8-17(11-20(15)28(31)32)23(30)25-22-18-13-33-14-19(18)26-27(22)12-21(29)24-10-9-16-5-3-2-4-6-16/h2-8,11H,9-10,12-14H2,1H3,(H,24,29)(H,25,30). The molecule has 0 aliphatic carbocycles. The largest absolute Gasteiger partial charge is 0.354 e. The molecule has 1 aliphatic heterocycles. The first-order valence-electron chi connectivity index (χ1n) is 10.5. The number of aryl methyl sites for hydroxylation is 1. The molecule has 2 heterocycles. The van der Waals surface area contributed by atoms with Gasteiger partial charge in [0.1, 0.15) is 12.4 Å². The highest BCUT2D eigenvalue weighted by atomic mass is 32.2. The van der Waals surface area contributed by atoms with Crippen LogP contribution in [-0.2, 0) is 29.3 Å². The molecule has 2 amide bonds. The number of nitro benzene ring substituents is 1. The van der Waals surface area contributed by atoms with Crippen molar-refractivity contribution in [1.82, 2.24) is 15.1 Å². The van der Waals surface area contributed by atoms with Crippen molar-refractivity contribution >= 4 is 35.1 Å². The average molecular weight is 466 g/mol. The topological polar surface area (TPSA) is 119 Å². The van der Waals surface area contributed by atoms with Crippen LogP contribution in [0.5, 0.6) is 0 Å². The Bertz CT molecular complexity index is 1210. The minimum absolute atomic E-state index is 0.0316. The minimum atomic E-state index is -0.509. The van der Waals surface area contributed by atoms with E-state index in [4.69, 9.17) is 0 Å². The molecule has 1 aliphatic rings. The van der Waals surface area contributed by atoms with Crippen molar-refractivity contribution in [3.63, 3.8) is 0 Å². The number of nitrogens with zero attached hydrogens (tertiary/aromatic N) is 3. The van der Waals surface area contributed by atoms with Crippen molar-refractivity contribution in [3.8, 4) is 0 Å². The molecule has 0 spiro atoms. The van der Waals surface area contributed by atoms with E-state index in [1.165, 1.54) is 10.7 Å². The van der Waals surface area contributed by atoms with E-state index < -0.39 is 10.8 Å². The summed E-state index contributed by atoms with van der Waals surface area (Å²) in [6, 6.07) is 14.2. The maximum Gasteiger partial charge on any atom is 0.273 e. The summed E-state index contributed by atoms with van der Waals surface area (Å²) in [5.41, 5.74) is 3.38. The Morgan fingerprint density at radius 2 is 1.97 bits per heavy atom. The zero-order valence-electron chi connectivity index (χ0n) is 18.0. The molecule has 10 heteroatoms. The quantitative estimate of drug-likeness (QED) is 0.388. The highest BCUT2D eigenvalue weighted by Gasteiger charge is 2.26. The lowest BCUT2D eigenvalue weighted by Gasteiger charge is -2.12. The lowest BCUT2D eigenvalue weighted by molar-refractivity contribution is -0.385. The maximum atomic E-state index is 12.9. The Labute approximate surface area is 194 Å². The number of thioether (sulfide) groups is 1. The van der Waals surface area contributed by atoms with Crippen LogP contribution in [0.1, 0.15) is 32.7 Å². The van der Waals surface area contributed by atoms with E-state index in [0.29, 0.717) is 35.9 Å². The van der Waals surface area contributed by atoms with Crippen LogP contribution >= 0.6 is 11.8 Å². The van der Waals surface area contributed by atoms with Crippen molar-refractivity contribution < 1.29 is 14.5 Å². The van der Waals surface area contributed by atoms with Gasteiger partial charge in [0.05, 0.1) is 10.6 Å². The number of anilines is 1. The smallest absolute Gasteiger partial charge is 0.273 e. The summed E-state index contributed by atoms with van der Waals surface area (Å²) in [5.74, 6) is 1.15. The fourth-order valence-electron chi connectivity index (χ4n) is 3.63. The molecule has 1 aromatic heterocycles. The molecule has 0 unspecified atom stereocenters. The number of fused-ring (bicyclic) bond motifs is 1. The number of hydrogen-bond donors (Lipinski definition) is 2. The van der Waals surface area contributed by atoms with Crippen LogP contribution in [0.4, 0.5) is 11.5 Å². The molecule has 0 bridgehead atoms. The van der Waals surface area contributed by atoms with E-state index >= 15 is 0 Å². The van der Waals surface area contributed by atoms with Crippen molar-refractivity contribution in [1.29, 1.82) is 0 Å². The van der Waals surface area contributed by atoms with Crippen molar-refractivity contribution in [2.24, 2.45) is 0 Å². The second kappa shape index (κ2) is 9.86. The highest BCUT2D eigenvalue weighted by Crippen LogP contribution is 2.35. The molecule has 0 fully saturated rings. The maximum absolute atomic E-state index is 12.9. The Morgan fingerprint density at radius 1 is 1.18 bits per heavy atom. The Kier molecular flexibility index (Phi) is 6.74. The Morgan fingerprint density at radius 3 is 2.73 bits per heavy atom. The number of carbonyl (C=O) groups is 2. The molecular formula is C23H23N5O4S. The molecule has 0 atom stereocenters. The Balaban J connectivity index is 1.46. The van der Waals surface area contributed by atoms with E-state index in [0.717, 1.165) is 16.8 Å². The molecule has 2 N–H and O–H groups in total. The van der Waals surface area contributed by atoms with Gasteiger partial charge in [-0.15, -0.1) is 0 Å². The van der Waals surface area contributed by atoms with Gasteiger partial charge in [0.2, 0.25) is 5.91 Å². The zero-order valence-corrected chi connectivity index (χ0v) is 18.9. The van der Waals surface area contributed by atoms with Crippen molar-refractivity contribution in [2.75, 3.05) is 11.9 Å². The molecule has 33 heavy (non-hydrogen) atoms. The number of benzene rings is 2. The molecule has 3 aromatic rings. The number of nitrogens with one attached hydrogen (secondary N) is 2. The second-order valence-corrected chi connectivity index (χ2v) is 8.71. The zero-order chi connectivity index (χ0) is 23.4. The van der Waals surface area contributed by atoms with Gasteiger partial charge in [-0.3, -0.25) is 19.7 Å². The summed E-state index contributed by atoms with van der Waals surface area (Å²) in [4.78, 5) is 36.1. The summed E-state index contributed by atoms with van der Waals surface area (Å²) in [6.07, 6.45) is 0.717. The van der Waals surface area contributed by atoms with Gasteiger partial charge in [-0.05, 0) is 25.0 Å². The molecule has 0 radical (unpaired) electrons. The van der Waals surface area contributed by atoms with Gasteiger partial charge in [-0.1, -0.05) is 36.4 Å². The SMILES string of the molecule is Cc1ccc(C(=O)Nc2c3c(nn2CC(=O)NCCc2ccccc2)CSC3)cc1[N+](=O)[O-]. The predicted octanol–water partition coefficient (Wildman–Crippen LogP) is 3.46. The molecule has 2 aromatic carbocycles. The summed E-state index contributed by atoms with van der Waals surface area (Å²) in [7, 11) is 0. The van der Waals surface area contributed by atoms with Gasteiger partial charge >= 0.3 is 0 Å². The lowest BCUT2D eigenvalue weighted by atomic mass is 10.1. The van der Waals surface area contributed by atoms with Gasteiger partial charge in [0.25, 0.3) is 11.6 Å². The van der Waals surface area contributed by atoms with Crippen LogP contribution in [0, 0.1) is 17.0 Å². The Hall–Kier alpha value is -3.66. The first kappa shape index (κ1) is 22.5. The second-order valence-electron chi connectivity index (χ2n) is 7.72. The third-order valence-electron chi connectivity index (χ3n) is 5.39. The normalized spacial score (nSPS) is 12.3. The number of amides is 2. The van der Waals surface area contributed by atoms with E-state index in [-0.39, 0.29) is 23.7 Å². The van der Waals surface area contributed by atoms with Crippen LogP contribution in [0.25, 0.3) is 0 Å². The summed E-state index contributed by atoms with van der Waals surface area (Å²) in [6.45, 7) is 2.08. The van der Waals surface area contributed by atoms with Crippen molar-refractivity contribution in [2.45, 2.75) is 31.4 Å². The van der Waals surface area contributed by atoms with Gasteiger partial charge in [-0.25, -0.2) is 4.68 Å². The molecule has 0 saturated carbocycles. The van der Waals surface area contributed by atoms with E-state index in [1.54, 1.807) is 30.8 Å². The van der Waals surface area contributed by atoms with E-state index in [1.807, 2.05) is 30.3 Å². The van der Waals surface area contributed by atoms with Gasteiger partial charge < -0.3 is 10.6 Å². The number of nitro groups is 1. The van der Waals surface area contributed by atoms with Crippen LogP contribution in [-0.4, -0.2) is 33.1 Å². The monoisotopic (exact) mass is 465 g/mol. The summed E-state index contributed by atoms with van der Waals surface area (Å²) in [5, 5.41) is 21.5. The van der Waals surface area contributed by atoms with Gasteiger partial charge in [0.15, 0.2) is 0 Å². The first-order chi connectivity index (χ1) is 15.9.